The number of quaternary nitrogens is 1. The molecule has 0 aromatic carbocycles. The Labute approximate surface area is 87.6 Å². The summed E-state index contributed by atoms with van der Waals surface area (Å²) in [6.45, 7) is 0.280. The van der Waals surface area contributed by atoms with Crippen LogP contribution in [0.3, 0.4) is 0 Å². The molecule has 3 unspecified atom stereocenters. The van der Waals surface area contributed by atoms with Crippen LogP contribution in [0, 0.1) is 0 Å². The SMILES string of the molecule is C[N+](C)(C)CC(O)C1OC(=O)C(=O)C1O. The van der Waals surface area contributed by atoms with Gasteiger partial charge in [0, 0.05) is 0 Å². The van der Waals surface area contributed by atoms with Crippen LogP contribution in [0.5, 0.6) is 0 Å². The van der Waals surface area contributed by atoms with Crippen LogP contribution in [-0.4, -0.2) is 72.4 Å². The van der Waals surface area contributed by atoms with E-state index in [4.69, 9.17) is 0 Å². The Balaban J connectivity index is 2.66. The molecule has 1 rings (SSSR count). The summed E-state index contributed by atoms with van der Waals surface area (Å²) in [6, 6.07) is 0. The van der Waals surface area contributed by atoms with E-state index in [0.29, 0.717) is 4.48 Å². The fourth-order valence-corrected chi connectivity index (χ4v) is 1.47. The summed E-state index contributed by atoms with van der Waals surface area (Å²) < 4.78 is 5.04. The molecule has 0 spiro atoms. The summed E-state index contributed by atoms with van der Waals surface area (Å²) in [6.07, 6.45) is -3.73. The number of hydrogen-bond donors (Lipinski definition) is 2. The molecule has 6 heteroatoms. The van der Waals surface area contributed by atoms with Crippen LogP contribution in [0.15, 0.2) is 0 Å². The minimum Gasteiger partial charge on any atom is -0.450 e. The second kappa shape index (κ2) is 3.88. The van der Waals surface area contributed by atoms with Crippen molar-refractivity contribution in [2.45, 2.75) is 18.3 Å². The standard InChI is InChI=1S/C9H16NO5/c1-10(2,3)4-5(11)8-6(12)7(13)9(14)15-8/h5-6,8,11-12H,4H2,1-3H3/q+1. The normalized spacial score (nSPS) is 29.1. The highest BCUT2D eigenvalue weighted by Crippen LogP contribution is 2.16. The van der Waals surface area contributed by atoms with Crippen molar-refractivity contribution in [3.8, 4) is 0 Å². The van der Waals surface area contributed by atoms with E-state index in [1.165, 1.54) is 0 Å². The van der Waals surface area contributed by atoms with E-state index in [1.54, 1.807) is 0 Å². The maximum absolute atomic E-state index is 10.9. The van der Waals surface area contributed by atoms with E-state index in [2.05, 4.69) is 4.74 Å². The van der Waals surface area contributed by atoms with E-state index in [1.807, 2.05) is 21.1 Å². The Morgan fingerprint density at radius 2 is 1.93 bits per heavy atom. The molecule has 3 atom stereocenters. The van der Waals surface area contributed by atoms with Gasteiger partial charge >= 0.3 is 5.97 Å². The lowest BCUT2D eigenvalue weighted by Gasteiger charge is -2.29. The van der Waals surface area contributed by atoms with Crippen molar-refractivity contribution < 1.29 is 29.0 Å². The highest BCUT2D eigenvalue weighted by Gasteiger charge is 2.47. The predicted octanol–water partition coefficient (Wildman–Crippen LogP) is -2.09. The number of ether oxygens (including phenoxy) is 1. The monoisotopic (exact) mass is 218 g/mol. The number of cyclic esters (lactones) is 1. The summed E-state index contributed by atoms with van der Waals surface area (Å²) >= 11 is 0. The Morgan fingerprint density at radius 1 is 1.40 bits per heavy atom. The van der Waals surface area contributed by atoms with Gasteiger partial charge in [-0.1, -0.05) is 0 Å². The molecule has 15 heavy (non-hydrogen) atoms. The van der Waals surface area contributed by atoms with Crippen LogP contribution in [0.1, 0.15) is 0 Å². The Morgan fingerprint density at radius 3 is 2.27 bits per heavy atom. The highest BCUT2D eigenvalue weighted by molar-refractivity contribution is 6.37. The first-order chi connectivity index (χ1) is 6.72. The molecule has 1 fully saturated rings. The molecule has 1 saturated heterocycles. The van der Waals surface area contributed by atoms with Crippen molar-refractivity contribution in [2.24, 2.45) is 0 Å². The Kier molecular flexibility index (Phi) is 3.13. The quantitative estimate of drug-likeness (QED) is 0.322. The second-order valence-electron chi connectivity index (χ2n) is 4.72. The zero-order valence-electron chi connectivity index (χ0n) is 9.01. The van der Waals surface area contributed by atoms with Gasteiger partial charge in [-0.3, -0.25) is 4.79 Å². The van der Waals surface area contributed by atoms with Crippen molar-refractivity contribution >= 4 is 11.8 Å². The third-order valence-corrected chi connectivity index (χ3v) is 2.14. The highest BCUT2D eigenvalue weighted by atomic mass is 16.6. The van der Waals surface area contributed by atoms with Gasteiger partial charge in [-0.15, -0.1) is 0 Å². The number of nitrogens with zero attached hydrogens (tertiary/aromatic N) is 1. The molecule has 1 heterocycles. The first kappa shape index (κ1) is 12.1. The summed E-state index contributed by atoms with van der Waals surface area (Å²) in [4.78, 5) is 21.8. The first-order valence-corrected chi connectivity index (χ1v) is 4.64. The first-order valence-electron chi connectivity index (χ1n) is 4.64. The van der Waals surface area contributed by atoms with Gasteiger partial charge in [0.2, 0.25) is 0 Å². The molecule has 0 saturated carbocycles. The van der Waals surface area contributed by atoms with Gasteiger partial charge < -0.3 is 19.4 Å². The lowest BCUT2D eigenvalue weighted by molar-refractivity contribution is -0.874. The molecular formula is C9H16NO5+. The molecule has 0 bridgehead atoms. The average molecular weight is 218 g/mol. The molecule has 0 amide bonds. The zero-order valence-corrected chi connectivity index (χ0v) is 9.01. The molecule has 0 aromatic rings. The van der Waals surface area contributed by atoms with Gasteiger partial charge in [0.25, 0.3) is 5.78 Å². The molecule has 0 aliphatic carbocycles. The number of Topliss-reactive ketones (excluding diaryl/α,β-unsaturated/α-hetero) is 1. The van der Waals surface area contributed by atoms with Crippen molar-refractivity contribution in [1.82, 2.24) is 0 Å². The Hall–Kier alpha value is -0.980. The van der Waals surface area contributed by atoms with Gasteiger partial charge in [0.15, 0.2) is 12.2 Å². The predicted molar refractivity (Wildman–Crippen MR) is 49.8 cm³/mol. The molecule has 86 valence electrons. The van der Waals surface area contributed by atoms with Crippen molar-refractivity contribution in [2.75, 3.05) is 27.7 Å². The van der Waals surface area contributed by atoms with Gasteiger partial charge in [0.05, 0.1) is 21.1 Å². The molecule has 6 nitrogen and oxygen atoms in total. The van der Waals surface area contributed by atoms with Gasteiger partial charge in [0.1, 0.15) is 12.6 Å². The van der Waals surface area contributed by atoms with Crippen LogP contribution in [0.2, 0.25) is 0 Å². The average Bonchev–Trinajstić information content (AvgIpc) is 2.30. The van der Waals surface area contributed by atoms with E-state index >= 15 is 0 Å². The number of ketones is 1. The number of aliphatic hydroxyl groups is 2. The maximum Gasteiger partial charge on any atom is 0.378 e. The molecule has 1 aliphatic rings. The minimum absolute atomic E-state index is 0.280. The summed E-state index contributed by atoms with van der Waals surface area (Å²) in [5.74, 6) is -2.06. The molecule has 0 radical (unpaired) electrons. The topological polar surface area (TPSA) is 83.8 Å². The maximum atomic E-state index is 10.9. The van der Waals surface area contributed by atoms with Gasteiger partial charge in [-0.05, 0) is 0 Å². The summed E-state index contributed by atoms with van der Waals surface area (Å²) in [5.41, 5.74) is 0. The number of rotatable bonds is 3. The lowest BCUT2D eigenvalue weighted by Crippen LogP contribution is -2.48. The van der Waals surface area contributed by atoms with Crippen molar-refractivity contribution in [3.05, 3.63) is 0 Å². The van der Waals surface area contributed by atoms with Gasteiger partial charge in [-0.2, -0.15) is 0 Å². The van der Waals surface area contributed by atoms with E-state index in [0.717, 1.165) is 0 Å². The summed E-state index contributed by atoms with van der Waals surface area (Å²) in [7, 11) is 5.52. The van der Waals surface area contributed by atoms with E-state index in [9.17, 15) is 19.8 Å². The van der Waals surface area contributed by atoms with Crippen LogP contribution < -0.4 is 0 Å². The lowest BCUT2D eigenvalue weighted by atomic mass is 10.1. The fraction of sp³-hybridized carbons (Fsp3) is 0.778. The van der Waals surface area contributed by atoms with E-state index in [-0.39, 0.29) is 6.54 Å². The molecule has 0 aromatic heterocycles. The number of esters is 1. The van der Waals surface area contributed by atoms with Crippen molar-refractivity contribution in [1.29, 1.82) is 0 Å². The molecule has 1 aliphatic heterocycles. The number of carbonyl (C=O) groups is 2. The summed E-state index contributed by atoms with van der Waals surface area (Å²) in [5, 5.41) is 19.0. The fourth-order valence-electron chi connectivity index (χ4n) is 1.47. The third kappa shape index (κ3) is 2.74. The Bertz CT molecular complexity index is 283. The molecular weight excluding hydrogens is 202 g/mol. The molecule has 2 N–H and O–H groups in total. The van der Waals surface area contributed by atoms with Crippen LogP contribution in [-0.2, 0) is 14.3 Å². The minimum atomic E-state index is -1.54. The number of likely N-dealkylation sites (N-methyl/N-ethyl adjacent to an activating group) is 1. The zero-order chi connectivity index (χ0) is 11.8. The largest absolute Gasteiger partial charge is 0.450 e. The van der Waals surface area contributed by atoms with Crippen molar-refractivity contribution in [3.63, 3.8) is 0 Å². The number of aliphatic hydroxyl groups excluding tert-OH is 2. The third-order valence-electron chi connectivity index (χ3n) is 2.14. The van der Waals surface area contributed by atoms with E-state index < -0.39 is 30.1 Å². The van der Waals surface area contributed by atoms with Crippen LogP contribution in [0.25, 0.3) is 0 Å². The number of carbonyl (C=O) groups excluding carboxylic acids is 2. The smallest absolute Gasteiger partial charge is 0.378 e. The van der Waals surface area contributed by atoms with Gasteiger partial charge in [-0.25, -0.2) is 4.79 Å². The van der Waals surface area contributed by atoms with Crippen LogP contribution in [0.4, 0.5) is 0 Å². The van der Waals surface area contributed by atoms with Crippen LogP contribution >= 0.6 is 0 Å². The number of hydrogen-bond acceptors (Lipinski definition) is 5. The second-order valence-corrected chi connectivity index (χ2v) is 4.72.